The van der Waals surface area contributed by atoms with Gasteiger partial charge in [0.2, 0.25) is 0 Å². The van der Waals surface area contributed by atoms with E-state index < -0.39 is 0 Å². The van der Waals surface area contributed by atoms with Crippen LogP contribution in [0.2, 0.25) is 0 Å². The topological polar surface area (TPSA) is 6.48 Å². The van der Waals surface area contributed by atoms with Gasteiger partial charge in [0, 0.05) is 18.8 Å². The molecule has 2 heteroatoms. The van der Waals surface area contributed by atoms with Crippen LogP contribution in [0.1, 0.15) is 34.7 Å². The molecule has 136 valence electrons. The molecule has 2 aliphatic heterocycles. The highest BCUT2D eigenvalue weighted by molar-refractivity contribution is 5.68. The number of likely N-dealkylation sites (N-methyl/N-ethyl adjacent to an activating group) is 2. The van der Waals surface area contributed by atoms with Gasteiger partial charge in [0.25, 0.3) is 0 Å². The summed E-state index contributed by atoms with van der Waals surface area (Å²) >= 11 is 0. The van der Waals surface area contributed by atoms with Gasteiger partial charge in [0.15, 0.2) is 0 Å². The van der Waals surface area contributed by atoms with Crippen LogP contribution in [0.5, 0.6) is 0 Å². The molecule has 0 aromatic heterocycles. The maximum absolute atomic E-state index is 2.58. The number of fused-ring (bicyclic) bond motifs is 3. The molecule has 3 atom stereocenters. The van der Waals surface area contributed by atoms with E-state index in [1.54, 1.807) is 0 Å². The number of anilines is 1. The quantitative estimate of drug-likeness (QED) is 0.629. The molecular weight excluding hydrogens is 328 g/mol. The van der Waals surface area contributed by atoms with Gasteiger partial charge in [-0.2, -0.15) is 0 Å². The van der Waals surface area contributed by atoms with Crippen LogP contribution in [0.3, 0.4) is 0 Å². The largest absolute Gasteiger partial charge is 0.357 e. The summed E-state index contributed by atoms with van der Waals surface area (Å²) in [4.78, 5) is 5.06. The SMILES string of the molecule is Cc1ccc([C@@]23C[C@H](c4ccccc4)N(C)[C@H]2N(C)c2ccccc23)cc1. The molecule has 3 aromatic carbocycles. The van der Waals surface area contributed by atoms with Crippen LogP contribution in [0, 0.1) is 6.92 Å². The minimum absolute atomic E-state index is 0.00565. The van der Waals surface area contributed by atoms with Crippen molar-refractivity contribution >= 4 is 5.69 Å². The molecule has 2 heterocycles. The Balaban J connectivity index is 1.73. The fourth-order valence-electron chi connectivity index (χ4n) is 5.52. The smallest absolute Gasteiger partial charge is 0.0961 e. The summed E-state index contributed by atoms with van der Waals surface area (Å²) < 4.78 is 0. The minimum Gasteiger partial charge on any atom is -0.357 e. The lowest BCUT2D eigenvalue weighted by molar-refractivity contribution is 0.229. The maximum atomic E-state index is 2.58. The second kappa shape index (κ2) is 5.97. The van der Waals surface area contributed by atoms with Crippen LogP contribution in [-0.2, 0) is 5.41 Å². The van der Waals surface area contributed by atoms with E-state index in [4.69, 9.17) is 0 Å². The van der Waals surface area contributed by atoms with Gasteiger partial charge in [0.05, 0.1) is 11.6 Å². The van der Waals surface area contributed by atoms with Crippen molar-refractivity contribution in [3.05, 3.63) is 101 Å². The van der Waals surface area contributed by atoms with Crippen molar-refractivity contribution in [3.63, 3.8) is 0 Å². The third-order valence-corrected chi connectivity index (χ3v) is 6.72. The summed E-state index contributed by atoms with van der Waals surface area (Å²) in [5.74, 6) is 0. The fraction of sp³-hybridized carbons (Fsp3) is 0.280. The van der Waals surface area contributed by atoms with Crippen LogP contribution in [0.15, 0.2) is 78.9 Å². The van der Waals surface area contributed by atoms with Crippen LogP contribution < -0.4 is 4.90 Å². The van der Waals surface area contributed by atoms with E-state index in [9.17, 15) is 0 Å². The molecule has 0 amide bonds. The maximum Gasteiger partial charge on any atom is 0.0961 e. The zero-order valence-electron chi connectivity index (χ0n) is 16.3. The molecule has 0 bridgehead atoms. The van der Waals surface area contributed by atoms with Crippen LogP contribution in [-0.4, -0.2) is 25.2 Å². The Bertz CT molecular complexity index is 963. The van der Waals surface area contributed by atoms with Crippen molar-refractivity contribution in [2.75, 3.05) is 19.0 Å². The van der Waals surface area contributed by atoms with Crippen LogP contribution >= 0.6 is 0 Å². The highest BCUT2D eigenvalue weighted by Gasteiger charge is 2.59. The van der Waals surface area contributed by atoms with Crippen LogP contribution in [0.25, 0.3) is 0 Å². The molecule has 0 unspecified atom stereocenters. The Morgan fingerprint density at radius 1 is 0.815 bits per heavy atom. The number of benzene rings is 3. The van der Waals surface area contributed by atoms with E-state index in [1.807, 2.05) is 0 Å². The monoisotopic (exact) mass is 354 g/mol. The molecule has 1 fully saturated rings. The van der Waals surface area contributed by atoms with Gasteiger partial charge in [-0.15, -0.1) is 0 Å². The number of rotatable bonds is 2. The zero-order valence-corrected chi connectivity index (χ0v) is 16.3. The van der Waals surface area contributed by atoms with Crippen molar-refractivity contribution in [2.24, 2.45) is 0 Å². The number of aryl methyl sites for hydroxylation is 1. The third kappa shape index (κ3) is 2.23. The molecular formula is C25H26N2. The summed E-state index contributed by atoms with van der Waals surface area (Å²) in [6.45, 7) is 2.17. The minimum atomic E-state index is -0.00565. The summed E-state index contributed by atoms with van der Waals surface area (Å²) in [6.07, 6.45) is 1.42. The lowest BCUT2D eigenvalue weighted by atomic mass is 9.72. The molecule has 5 rings (SSSR count). The van der Waals surface area contributed by atoms with Gasteiger partial charge < -0.3 is 4.90 Å². The predicted molar refractivity (Wildman–Crippen MR) is 112 cm³/mol. The molecule has 2 nitrogen and oxygen atoms in total. The van der Waals surface area contributed by atoms with E-state index in [1.165, 1.54) is 27.9 Å². The molecule has 0 saturated carbocycles. The van der Waals surface area contributed by atoms with E-state index in [2.05, 4.69) is 110 Å². The average Bonchev–Trinajstić information content (AvgIpc) is 3.15. The molecule has 2 aliphatic rings. The molecule has 27 heavy (non-hydrogen) atoms. The first-order chi connectivity index (χ1) is 13.1. The van der Waals surface area contributed by atoms with Gasteiger partial charge in [-0.1, -0.05) is 78.4 Å². The Morgan fingerprint density at radius 2 is 1.48 bits per heavy atom. The van der Waals surface area contributed by atoms with Crippen molar-refractivity contribution in [1.82, 2.24) is 4.90 Å². The van der Waals surface area contributed by atoms with Gasteiger partial charge in [0.1, 0.15) is 0 Å². The lowest BCUT2D eigenvalue weighted by Crippen LogP contribution is -2.47. The van der Waals surface area contributed by atoms with Crippen molar-refractivity contribution in [1.29, 1.82) is 0 Å². The van der Waals surface area contributed by atoms with Crippen LogP contribution in [0.4, 0.5) is 5.69 Å². The number of hydrogen-bond donors (Lipinski definition) is 0. The highest BCUT2D eigenvalue weighted by Crippen LogP contribution is 2.59. The normalized spacial score (nSPS) is 26.9. The van der Waals surface area contributed by atoms with E-state index >= 15 is 0 Å². The van der Waals surface area contributed by atoms with E-state index in [0.29, 0.717) is 12.2 Å². The molecule has 0 spiro atoms. The van der Waals surface area contributed by atoms with Crippen molar-refractivity contribution in [2.45, 2.75) is 31.0 Å². The molecule has 1 saturated heterocycles. The van der Waals surface area contributed by atoms with E-state index in [0.717, 1.165) is 6.42 Å². The van der Waals surface area contributed by atoms with E-state index in [-0.39, 0.29) is 5.41 Å². The number of likely N-dealkylation sites (tertiary alicyclic amines) is 1. The first-order valence-corrected chi connectivity index (χ1v) is 9.79. The molecule has 3 aromatic rings. The zero-order chi connectivity index (χ0) is 18.6. The first kappa shape index (κ1) is 16.6. The Morgan fingerprint density at radius 3 is 2.22 bits per heavy atom. The Kier molecular flexibility index (Phi) is 3.66. The van der Waals surface area contributed by atoms with Gasteiger partial charge in [-0.3, -0.25) is 4.90 Å². The number of para-hydroxylation sites is 1. The number of hydrogen-bond acceptors (Lipinski definition) is 2. The van der Waals surface area contributed by atoms with Crippen molar-refractivity contribution < 1.29 is 0 Å². The second-order valence-electron chi connectivity index (χ2n) is 8.14. The Labute approximate surface area is 162 Å². The highest BCUT2D eigenvalue weighted by atomic mass is 15.4. The third-order valence-electron chi connectivity index (χ3n) is 6.72. The molecule has 0 aliphatic carbocycles. The molecule has 0 N–H and O–H groups in total. The first-order valence-electron chi connectivity index (χ1n) is 9.79. The summed E-state index contributed by atoms with van der Waals surface area (Å²) in [5.41, 5.74) is 6.98. The second-order valence-corrected chi connectivity index (χ2v) is 8.14. The van der Waals surface area contributed by atoms with Gasteiger partial charge in [-0.05, 0) is 43.1 Å². The number of nitrogens with zero attached hydrogens (tertiary/aromatic N) is 2. The Hall–Kier alpha value is -2.58. The fourth-order valence-corrected chi connectivity index (χ4v) is 5.52. The summed E-state index contributed by atoms with van der Waals surface area (Å²) in [6, 6.07) is 29.6. The lowest BCUT2D eigenvalue weighted by Gasteiger charge is -2.36. The average molecular weight is 354 g/mol. The van der Waals surface area contributed by atoms with Crippen molar-refractivity contribution in [3.8, 4) is 0 Å². The summed E-state index contributed by atoms with van der Waals surface area (Å²) in [7, 11) is 4.55. The predicted octanol–water partition coefficient (Wildman–Crippen LogP) is 5.13. The van der Waals surface area contributed by atoms with Gasteiger partial charge >= 0.3 is 0 Å². The standard InChI is InChI=1S/C25H26N2/c1-18-13-15-20(16-14-18)25-17-23(19-9-5-4-6-10-19)27(3)24(25)26(2)22-12-8-7-11-21(22)25/h4-16,23-24H,17H2,1-3H3/t23-,24-,25-/m1/s1. The summed E-state index contributed by atoms with van der Waals surface area (Å²) in [5, 5.41) is 0. The van der Waals surface area contributed by atoms with Gasteiger partial charge in [-0.25, -0.2) is 0 Å². The molecule has 0 radical (unpaired) electrons.